The van der Waals surface area contributed by atoms with E-state index in [0.29, 0.717) is 6.17 Å². The summed E-state index contributed by atoms with van der Waals surface area (Å²) in [6.45, 7) is 9.49. The van der Waals surface area contributed by atoms with Crippen LogP contribution >= 0.6 is 0 Å². The van der Waals surface area contributed by atoms with E-state index in [1.807, 2.05) is 0 Å². The van der Waals surface area contributed by atoms with E-state index in [4.69, 9.17) is 0 Å². The Morgan fingerprint density at radius 3 is 0.829 bits per heavy atom. The van der Waals surface area contributed by atoms with Crippen molar-refractivity contribution in [1.82, 2.24) is 9.80 Å². The summed E-state index contributed by atoms with van der Waals surface area (Å²) < 4.78 is 0. The molecular formula is C39H78N2. The van der Waals surface area contributed by atoms with Gasteiger partial charge in [0.1, 0.15) is 6.17 Å². The van der Waals surface area contributed by atoms with Crippen LogP contribution in [0.15, 0.2) is 12.4 Å². The summed E-state index contributed by atoms with van der Waals surface area (Å²) in [5, 5.41) is 0. The first-order valence-corrected chi connectivity index (χ1v) is 19.5. The van der Waals surface area contributed by atoms with E-state index in [2.05, 4.69) is 43.0 Å². The van der Waals surface area contributed by atoms with E-state index in [9.17, 15) is 0 Å². The molecule has 0 bridgehead atoms. The Morgan fingerprint density at radius 1 is 0.317 bits per heavy atom. The first-order valence-electron chi connectivity index (χ1n) is 19.5. The van der Waals surface area contributed by atoms with Crippen molar-refractivity contribution in [3.05, 3.63) is 12.4 Å². The fourth-order valence-electron chi connectivity index (χ4n) is 6.70. The SMILES string of the molecule is CCCCCCCCCCCCCCCCCCN1C=CN(CCCCCCCCCCCCCC)C1CCCC. The summed E-state index contributed by atoms with van der Waals surface area (Å²) in [6, 6.07) is 0. The van der Waals surface area contributed by atoms with E-state index in [0.717, 1.165) is 0 Å². The van der Waals surface area contributed by atoms with Gasteiger partial charge in [-0.2, -0.15) is 0 Å². The second kappa shape index (κ2) is 30.8. The Morgan fingerprint density at radius 2 is 0.561 bits per heavy atom. The third-order valence-corrected chi connectivity index (χ3v) is 9.57. The number of hydrogen-bond acceptors (Lipinski definition) is 2. The Kier molecular flexibility index (Phi) is 28.8. The maximum Gasteiger partial charge on any atom is 0.101 e. The largest absolute Gasteiger partial charge is 0.356 e. The highest BCUT2D eigenvalue weighted by atomic mass is 15.4. The molecule has 0 fully saturated rings. The average Bonchev–Trinajstić information content (AvgIpc) is 3.37. The van der Waals surface area contributed by atoms with Crippen molar-refractivity contribution < 1.29 is 0 Å². The molecular weight excluding hydrogens is 496 g/mol. The highest BCUT2D eigenvalue weighted by Crippen LogP contribution is 2.23. The molecule has 0 aromatic carbocycles. The van der Waals surface area contributed by atoms with Crippen molar-refractivity contribution in [2.45, 2.75) is 226 Å². The van der Waals surface area contributed by atoms with Crippen LogP contribution in [-0.4, -0.2) is 29.1 Å². The predicted molar refractivity (Wildman–Crippen MR) is 186 cm³/mol. The molecule has 0 aromatic heterocycles. The molecule has 0 N–H and O–H groups in total. The van der Waals surface area contributed by atoms with E-state index >= 15 is 0 Å². The van der Waals surface area contributed by atoms with Gasteiger partial charge in [-0.15, -0.1) is 0 Å². The molecule has 1 atom stereocenters. The van der Waals surface area contributed by atoms with Gasteiger partial charge < -0.3 is 9.80 Å². The first-order chi connectivity index (χ1) is 20.3. The van der Waals surface area contributed by atoms with E-state index in [1.165, 1.54) is 212 Å². The minimum Gasteiger partial charge on any atom is -0.356 e. The highest BCUT2D eigenvalue weighted by molar-refractivity contribution is 4.96. The Labute approximate surface area is 260 Å². The zero-order valence-corrected chi connectivity index (χ0v) is 29.0. The topological polar surface area (TPSA) is 6.48 Å². The van der Waals surface area contributed by atoms with Crippen LogP contribution in [0.1, 0.15) is 220 Å². The number of unbranched alkanes of at least 4 members (excludes halogenated alkanes) is 27. The van der Waals surface area contributed by atoms with Crippen LogP contribution in [-0.2, 0) is 0 Å². The summed E-state index contributed by atoms with van der Waals surface area (Å²) in [5.74, 6) is 0. The van der Waals surface area contributed by atoms with E-state index in [1.54, 1.807) is 0 Å². The standard InChI is InChI=1S/C39H78N2/c1-4-7-10-12-14-16-18-20-21-22-23-25-27-29-31-33-36-41-38-37-40(39(41)34-9-6-3)35-32-30-28-26-24-19-17-15-13-11-8-5-2/h37-39H,4-36H2,1-3H3. The summed E-state index contributed by atoms with van der Waals surface area (Å²) in [5.41, 5.74) is 0. The molecule has 0 spiro atoms. The van der Waals surface area contributed by atoms with Gasteiger partial charge in [-0.25, -0.2) is 0 Å². The summed E-state index contributed by atoms with van der Waals surface area (Å²) in [4.78, 5) is 5.36. The van der Waals surface area contributed by atoms with Crippen LogP contribution in [0.25, 0.3) is 0 Å². The molecule has 1 unspecified atom stereocenters. The minimum atomic E-state index is 0.638. The third-order valence-electron chi connectivity index (χ3n) is 9.57. The maximum absolute atomic E-state index is 2.68. The Balaban J connectivity index is 1.98. The normalized spacial score (nSPS) is 15.0. The molecule has 0 amide bonds. The van der Waals surface area contributed by atoms with Gasteiger partial charge in [0.05, 0.1) is 0 Å². The van der Waals surface area contributed by atoms with Crippen LogP contribution in [0.5, 0.6) is 0 Å². The second-order valence-corrected chi connectivity index (χ2v) is 13.6. The fourth-order valence-corrected chi connectivity index (χ4v) is 6.70. The highest BCUT2D eigenvalue weighted by Gasteiger charge is 2.24. The second-order valence-electron chi connectivity index (χ2n) is 13.6. The van der Waals surface area contributed by atoms with Gasteiger partial charge in [0.2, 0.25) is 0 Å². The molecule has 0 radical (unpaired) electrons. The van der Waals surface area contributed by atoms with E-state index in [-0.39, 0.29) is 0 Å². The zero-order chi connectivity index (χ0) is 29.5. The molecule has 2 nitrogen and oxygen atoms in total. The lowest BCUT2D eigenvalue weighted by molar-refractivity contribution is 0.136. The van der Waals surface area contributed by atoms with Gasteiger partial charge in [0, 0.05) is 25.5 Å². The molecule has 244 valence electrons. The Hall–Kier alpha value is -0.660. The zero-order valence-electron chi connectivity index (χ0n) is 29.0. The number of nitrogens with zero attached hydrogens (tertiary/aromatic N) is 2. The monoisotopic (exact) mass is 575 g/mol. The van der Waals surface area contributed by atoms with Gasteiger partial charge in [-0.05, 0) is 25.7 Å². The lowest BCUT2D eigenvalue weighted by Gasteiger charge is -2.33. The predicted octanol–water partition coefficient (Wildman–Crippen LogP) is 13.6. The molecule has 0 aliphatic carbocycles. The first kappa shape index (κ1) is 38.4. The van der Waals surface area contributed by atoms with Gasteiger partial charge in [0.25, 0.3) is 0 Å². The average molecular weight is 575 g/mol. The number of rotatable bonds is 33. The maximum atomic E-state index is 2.68. The Bertz CT molecular complexity index is 530. The van der Waals surface area contributed by atoms with Crippen molar-refractivity contribution in [3.63, 3.8) is 0 Å². The van der Waals surface area contributed by atoms with Crippen molar-refractivity contribution in [2.75, 3.05) is 13.1 Å². The molecule has 1 heterocycles. The molecule has 0 saturated carbocycles. The summed E-state index contributed by atoms with van der Waals surface area (Å²) in [6.07, 6.45) is 50.0. The third kappa shape index (κ3) is 23.5. The molecule has 1 aliphatic rings. The van der Waals surface area contributed by atoms with Crippen LogP contribution in [0.4, 0.5) is 0 Å². The van der Waals surface area contributed by atoms with Crippen LogP contribution < -0.4 is 0 Å². The van der Waals surface area contributed by atoms with Crippen LogP contribution in [0.2, 0.25) is 0 Å². The molecule has 41 heavy (non-hydrogen) atoms. The minimum absolute atomic E-state index is 0.638. The van der Waals surface area contributed by atoms with Gasteiger partial charge in [-0.3, -0.25) is 0 Å². The lowest BCUT2D eigenvalue weighted by atomic mass is 10.0. The smallest absolute Gasteiger partial charge is 0.101 e. The summed E-state index contributed by atoms with van der Waals surface area (Å²) >= 11 is 0. The van der Waals surface area contributed by atoms with Crippen molar-refractivity contribution in [1.29, 1.82) is 0 Å². The van der Waals surface area contributed by atoms with Gasteiger partial charge >= 0.3 is 0 Å². The van der Waals surface area contributed by atoms with Crippen LogP contribution in [0, 0.1) is 0 Å². The summed E-state index contributed by atoms with van der Waals surface area (Å²) in [7, 11) is 0. The fraction of sp³-hybridized carbons (Fsp3) is 0.949. The molecule has 1 aliphatic heterocycles. The van der Waals surface area contributed by atoms with Crippen LogP contribution in [0.3, 0.4) is 0 Å². The quantitative estimate of drug-likeness (QED) is 0.0719. The molecule has 2 heteroatoms. The van der Waals surface area contributed by atoms with Crippen molar-refractivity contribution in [2.24, 2.45) is 0 Å². The van der Waals surface area contributed by atoms with Crippen molar-refractivity contribution in [3.8, 4) is 0 Å². The van der Waals surface area contributed by atoms with Gasteiger partial charge in [-0.1, -0.05) is 194 Å². The lowest BCUT2D eigenvalue weighted by Crippen LogP contribution is -2.39. The molecule has 0 aromatic rings. The van der Waals surface area contributed by atoms with Gasteiger partial charge in [0.15, 0.2) is 0 Å². The number of hydrogen-bond donors (Lipinski definition) is 0. The molecule has 1 rings (SSSR count). The van der Waals surface area contributed by atoms with Crippen molar-refractivity contribution >= 4 is 0 Å². The van der Waals surface area contributed by atoms with E-state index < -0.39 is 0 Å². The molecule has 0 saturated heterocycles.